The zero-order chi connectivity index (χ0) is 18.5. The lowest BCUT2D eigenvalue weighted by Gasteiger charge is -2.35. The van der Waals surface area contributed by atoms with Crippen molar-refractivity contribution in [3.63, 3.8) is 0 Å². The van der Waals surface area contributed by atoms with Crippen molar-refractivity contribution in [3.05, 3.63) is 12.4 Å². The Labute approximate surface area is 148 Å². The first-order valence-corrected chi connectivity index (χ1v) is 8.59. The summed E-state index contributed by atoms with van der Waals surface area (Å²) in [7, 11) is 1.61. The van der Waals surface area contributed by atoms with Crippen LogP contribution >= 0.6 is 0 Å². The number of anilines is 1. The van der Waals surface area contributed by atoms with Gasteiger partial charge in [-0.15, -0.1) is 0 Å². The quantitative estimate of drug-likeness (QED) is 0.715. The highest BCUT2D eigenvalue weighted by atomic mass is 16.5. The highest BCUT2D eigenvalue weighted by Gasteiger charge is 2.40. The number of rotatable bonds is 7. The van der Waals surface area contributed by atoms with E-state index >= 15 is 0 Å². The summed E-state index contributed by atoms with van der Waals surface area (Å²) < 4.78 is 11.9. The van der Waals surface area contributed by atoms with Crippen molar-refractivity contribution in [2.75, 3.05) is 38.7 Å². The molecule has 0 saturated carbocycles. The van der Waals surface area contributed by atoms with Gasteiger partial charge in [0.2, 0.25) is 5.91 Å². The Morgan fingerprint density at radius 2 is 2.08 bits per heavy atom. The number of aromatic nitrogens is 2. The minimum absolute atomic E-state index is 0.0793. The standard InChI is InChI=1S/C17H28N4O4/c1-5-25-15(23)16(2,3)21-11-13(10-19-21)20-14(22)17(12-24-4)6-8-18-9-7-17/h10-11,18H,5-9,12H2,1-4H3,(H,20,22). The minimum Gasteiger partial charge on any atom is -0.464 e. The Kier molecular flexibility index (Phi) is 6.18. The van der Waals surface area contributed by atoms with Gasteiger partial charge in [-0.05, 0) is 46.7 Å². The molecule has 1 aliphatic rings. The van der Waals surface area contributed by atoms with Gasteiger partial charge in [-0.3, -0.25) is 9.48 Å². The molecule has 8 nitrogen and oxygen atoms in total. The first kappa shape index (κ1) is 19.4. The molecule has 2 rings (SSSR count). The van der Waals surface area contributed by atoms with Crippen LogP contribution in [-0.2, 0) is 24.6 Å². The second kappa shape index (κ2) is 7.97. The van der Waals surface area contributed by atoms with Crippen LogP contribution in [0.5, 0.6) is 0 Å². The third kappa shape index (κ3) is 4.19. The molecule has 25 heavy (non-hydrogen) atoms. The maximum Gasteiger partial charge on any atom is 0.333 e. The van der Waals surface area contributed by atoms with Crippen LogP contribution < -0.4 is 10.6 Å². The van der Waals surface area contributed by atoms with Crippen molar-refractivity contribution in [3.8, 4) is 0 Å². The molecule has 1 fully saturated rings. The van der Waals surface area contributed by atoms with Gasteiger partial charge in [0.25, 0.3) is 0 Å². The molecular weight excluding hydrogens is 324 g/mol. The van der Waals surface area contributed by atoms with E-state index in [9.17, 15) is 9.59 Å². The summed E-state index contributed by atoms with van der Waals surface area (Å²) in [5.41, 5.74) is -0.937. The molecule has 1 aliphatic heterocycles. The Morgan fingerprint density at radius 3 is 2.68 bits per heavy atom. The lowest BCUT2D eigenvalue weighted by molar-refractivity contribution is -0.152. The van der Waals surface area contributed by atoms with Crippen LogP contribution in [0.4, 0.5) is 5.69 Å². The predicted molar refractivity (Wildman–Crippen MR) is 93.2 cm³/mol. The van der Waals surface area contributed by atoms with Crippen molar-refractivity contribution < 1.29 is 19.1 Å². The summed E-state index contributed by atoms with van der Waals surface area (Å²) in [5.74, 6) is -0.450. The van der Waals surface area contributed by atoms with Crippen LogP contribution in [0.25, 0.3) is 0 Å². The van der Waals surface area contributed by atoms with Gasteiger partial charge in [0.05, 0.1) is 30.5 Å². The normalized spacial score (nSPS) is 17.1. The minimum atomic E-state index is -0.946. The number of piperidine rings is 1. The summed E-state index contributed by atoms with van der Waals surface area (Å²) in [6.45, 7) is 7.46. The van der Waals surface area contributed by atoms with E-state index in [1.165, 1.54) is 4.68 Å². The van der Waals surface area contributed by atoms with Crippen LogP contribution in [0.15, 0.2) is 12.4 Å². The number of methoxy groups -OCH3 is 1. The van der Waals surface area contributed by atoms with Crippen molar-refractivity contribution in [2.24, 2.45) is 5.41 Å². The van der Waals surface area contributed by atoms with Gasteiger partial charge in [0.1, 0.15) is 0 Å². The first-order chi connectivity index (χ1) is 11.9. The molecule has 1 aromatic heterocycles. The van der Waals surface area contributed by atoms with Crippen molar-refractivity contribution in [1.82, 2.24) is 15.1 Å². The Balaban J connectivity index is 2.11. The average molecular weight is 352 g/mol. The van der Waals surface area contributed by atoms with E-state index in [0.29, 0.717) is 18.9 Å². The maximum atomic E-state index is 12.8. The molecule has 1 amide bonds. The van der Waals surface area contributed by atoms with Crippen molar-refractivity contribution >= 4 is 17.6 Å². The number of amides is 1. The molecule has 0 atom stereocenters. The summed E-state index contributed by atoms with van der Waals surface area (Å²) in [6.07, 6.45) is 4.63. The Bertz CT molecular complexity index is 600. The topological polar surface area (TPSA) is 94.5 Å². The van der Waals surface area contributed by atoms with Gasteiger partial charge in [0, 0.05) is 13.3 Å². The molecule has 2 N–H and O–H groups in total. The van der Waals surface area contributed by atoms with E-state index < -0.39 is 11.0 Å². The number of esters is 1. The van der Waals surface area contributed by atoms with Gasteiger partial charge in [0.15, 0.2) is 5.54 Å². The number of carbonyl (C=O) groups excluding carboxylic acids is 2. The van der Waals surface area contributed by atoms with Gasteiger partial charge in [-0.2, -0.15) is 5.10 Å². The van der Waals surface area contributed by atoms with Gasteiger partial charge in [-0.1, -0.05) is 0 Å². The van der Waals surface area contributed by atoms with E-state index in [0.717, 1.165) is 25.9 Å². The van der Waals surface area contributed by atoms with Crippen LogP contribution in [0.3, 0.4) is 0 Å². The summed E-state index contributed by atoms with van der Waals surface area (Å²) in [4.78, 5) is 24.9. The van der Waals surface area contributed by atoms with Crippen LogP contribution in [0.2, 0.25) is 0 Å². The second-order valence-corrected chi connectivity index (χ2v) is 6.87. The summed E-state index contributed by atoms with van der Waals surface area (Å²) in [5, 5.41) is 10.4. The van der Waals surface area contributed by atoms with Gasteiger partial charge in [-0.25, -0.2) is 4.79 Å². The molecule has 0 spiro atoms. The largest absolute Gasteiger partial charge is 0.464 e. The maximum absolute atomic E-state index is 12.8. The van der Waals surface area contributed by atoms with E-state index in [4.69, 9.17) is 9.47 Å². The fourth-order valence-corrected chi connectivity index (χ4v) is 2.98. The van der Waals surface area contributed by atoms with Gasteiger partial charge >= 0.3 is 5.97 Å². The monoisotopic (exact) mass is 352 g/mol. The molecule has 0 aromatic carbocycles. The Hall–Kier alpha value is -1.93. The number of hydrogen-bond acceptors (Lipinski definition) is 6. The number of nitrogens with one attached hydrogen (secondary N) is 2. The first-order valence-electron chi connectivity index (χ1n) is 8.59. The number of carbonyl (C=O) groups is 2. The molecule has 0 aliphatic carbocycles. The SMILES string of the molecule is CCOC(=O)C(C)(C)n1cc(NC(=O)C2(COC)CCNCC2)cn1. The van der Waals surface area contributed by atoms with Crippen molar-refractivity contribution in [1.29, 1.82) is 0 Å². The summed E-state index contributed by atoms with van der Waals surface area (Å²) >= 11 is 0. The van der Waals surface area contributed by atoms with Crippen LogP contribution in [0.1, 0.15) is 33.6 Å². The third-order valence-electron chi connectivity index (χ3n) is 4.65. The zero-order valence-electron chi connectivity index (χ0n) is 15.4. The molecule has 1 saturated heterocycles. The number of ether oxygens (including phenoxy) is 2. The lowest BCUT2D eigenvalue weighted by Crippen LogP contribution is -2.47. The number of nitrogens with zero attached hydrogens (tertiary/aromatic N) is 2. The highest BCUT2D eigenvalue weighted by molar-refractivity contribution is 5.95. The molecule has 2 heterocycles. The molecular formula is C17H28N4O4. The second-order valence-electron chi connectivity index (χ2n) is 6.87. The van der Waals surface area contributed by atoms with E-state index in [1.807, 2.05) is 0 Å². The van der Waals surface area contributed by atoms with E-state index in [2.05, 4.69) is 15.7 Å². The fourth-order valence-electron chi connectivity index (χ4n) is 2.98. The van der Waals surface area contributed by atoms with Gasteiger partial charge < -0.3 is 20.1 Å². The van der Waals surface area contributed by atoms with E-state index in [-0.39, 0.29) is 11.9 Å². The zero-order valence-corrected chi connectivity index (χ0v) is 15.4. The van der Waals surface area contributed by atoms with E-state index in [1.54, 1.807) is 40.3 Å². The summed E-state index contributed by atoms with van der Waals surface area (Å²) in [6, 6.07) is 0. The van der Waals surface area contributed by atoms with Crippen LogP contribution in [-0.4, -0.2) is 55.1 Å². The van der Waals surface area contributed by atoms with Crippen LogP contribution in [0, 0.1) is 5.41 Å². The predicted octanol–water partition coefficient (Wildman–Crippen LogP) is 1.14. The third-order valence-corrected chi connectivity index (χ3v) is 4.65. The molecule has 8 heteroatoms. The Morgan fingerprint density at radius 1 is 1.40 bits per heavy atom. The average Bonchev–Trinajstić information content (AvgIpc) is 3.05. The number of hydrogen-bond donors (Lipinski definition) is 2. The smallest absolute Gasteiger partial charge is 0.333 e. The highest BCUT2D eigenvalue weighted by Crippen LogP contribution is 2.31. The molecule has 0 radical (unpaired) electrons. The van der Waals surface area contributed by atoms with Crippen molar-refractivity contribution in [2.45, 2.75) is 39.2 Å². The molecule has 140 valence electrons. The lowest BCUT2D eigenvalue weighted by atomic mass is 9.78. The molecule has 0 bridgehead atoms. The molecule has 0 unspecified atom stereocenters. The fraction of sp³-hybridized carbons (Fsp3) is 0.706. The molecule has 1 aromatic rings.